The lowest BCUT2D eigenvalue weighted by molar-refractivity contribution is -0.268. The van der Waals surface area contributed by atoms with Crippen LogP contribution in [0.5, 0.6) is 23.0 Å². The largest absolute Gasteiger partial charge is 0.507 e. The normalized spacial score (nSPS) is 29.4. The van der Waals surface area contributed by atoms with Crippen LogP contribution < -0.4 is 19.6 Å². The van der Waals surface area contributed by atoms with Crippen LogP contribution in [-0.4, -0.2) is 105 Å². The van der Waals surface area contributed by atoms with E-state index in [1.54, 1.807) is 24.3 Å². The minimum Gasteiger partial charge on any atom is -0.507 e. The van der Waals surface area contributed by atoms with Gasteiger partial charge in [0.2, 0.25) is 23.8 Å². The monoisotopic (exact) mass is 660 g/mol. The molecule has 256 valence electrons. The molecule has 0 aliphatic carbocycles. The Hall–Kier alpha value is -3.73. The summed E-state index contributed by atoms with van der Waals surface area (Å²) in [7, 11) is 1.48. The summed E-state index contributed by atoms with van der Waals surface area (Å²) in [5, 5.41) is 72.7. The van der Waals surface area contributed by atoms with E-state index in [4.69, 9.17) is 28.1 Å². The van der Waals surface area contributed by atoms with E-state index in [0.717, 1.165) is 11.6 Å². The van der Waals surface area contributed by atoms with E-state index >= 15 is 0 Å². The van der Waals surface area contributed by atoms with Gasteiger partial charge in [-0.2, -0.15) is 0 Å². The molecule has 2 aliphatic rings. The number of allylic oxidation sites excluding steroid dienone is 2. The third kappa shape index (κ3) is 6.96. The number of aromatic hydroxyl groups is 1. The molecule has 7 N–H and O–H groups in total. The van der Waals surface area contributed by atoms with Gasteiger partial charge in [0, 0.05) is 23.6 Å². The Morgan fingerprint density at radius 1 is 0.957 bits per heavy atom. The molecular weight excluding hydrogens is 620 g/mol. The molecule has 0 amide bonds. The molecule has 0 bridgehead atoms. The Morgan fingerprint density at radius 2 is 1.64 bits per heavy atom. The fraction of sp³-hybridized carbons (Fsp3) is 0.485. The van der Waals surface area contributed by atoms with Crippen molar-refractivity contribution in [3.63, 3.8) is 0 Å². The molecule has 2 aromatic carbocycles. The topological polar surface area (TPSA) is 218 Å². The molecule has 2 aliphatic heterocycles. The first-order valence-corrected chi connectivity index (χ1v) is 15.1. The van der Waals surface area contributed by atoms with E-state index in [1.807, 2.05) is 19.9 Å². The number of rotatable bonds is 9. The molecule has 0 spiro atoms. The van der Waals surface area contributed by atoms with Gasteiger partial charge in [0.05, 0.1) is 32.0 Å². The Labute approximate surface area is 269 Å². The third-order valence-corrected chi connectivity index (χ3v) is 8.23. The standard InChI is InChI=1S/C33H40O14/c1-14(2)5-10-19-22(45-32-25(38)21(36)11-18(13-34)44-32)12-20(35)23-26(39)31(47-33-28(41)27(40)24(37)15(3)43-33)29(46-30(19)23)16-6-8-17(42-4)9-7-16/h5-9,12,15,18,21,24-25,27-28,32-38,40-41H,10-11,13H2,1-4H3/t15-,18-,21-,24-,25+,27+,28+,32-,33-/m0/s1. The molecule has 3 aromatic rings. The van der Waals surface area contributed by atoms with Crippen LogP contribution in [0.25, 0.3) is 22.3 Å². The summed E-state index contributed by atoms with van der Waals surface area (Å²) < 4.78 is 34.8. The van der Waals surface area contributed by atoms with Crippen LogP contribution in [0.15, 0.2) is 51.2 Å². The van der Waals surface area contributed by atoms with Gasteiger partial charge in [-0.05, 0) is 51.5 Å². The zero-order valence-corrected chi connectivity index (χ0v) is 26.3. The second kappa shape index (κ2) is 14.2. The van der Waals surface area contributed by atoms with Crippen molar-refractivity contribution in [1.29, 1.82) is 0 Å². The van der Waals surface area contributed by atoms with Gasteiger partial charge in [0.15, 0.2) is 5.76 Å². The summed E-state index contributed by atoms with van der Waals surface area (Å²) in [4.78, 5) is 14.2. The summed E-state index contributed by atoms with van der Waals surface area (Å²) in [6, 6.07) is 7.55. The first-order chi connectivity index (χ1) is 22.3. The zero-order chi connectivity index (χ0) is 34.2. The first kappa shape index (κ1) is 34.6. The van der Waals surface area contributed by atoms with E-state index in [2.05, 4.69) is 0 Å². The SMILES string of the molecule is COc1ccc(-c2oc3c(CC=C(C)C)c(O[C@@H]4O[C@H](CO)C[C@H](O)[C@H]4O)cc(O)c3c(=O)c2O[C@@H]2O[C@@H](C)[C@H](O)[C@@H](O)[C@H]2O)cc1. The predicted molar refractivity (Wildman–Crippen MR) is 165 cm³/mol. The van der Waals surface area contributed by atoms with Gasteiger partial charge in [0.25, 0.3) is 0 Å². The second-order valence-electron chi connectivity index (χ2n) is 11.9. The van der Waals surface area contributed by atoms with Crippen molar-refractivity contribution in [2.75, 3.05) is 13.7 Å². The predicted octanol–water partition coefficient (Wildman–Crippen LogP) is 1.10. The van der Waals surface area contributed by atoms with Gasteiger partial charge in [-0.15, -0.1) is 0 Å². The van der Waals surface area contributed by atoms with E-state index in [9.17, 15) is 40.5 Å². The summed E-state index contributed by atoms with van der Waals surface area (Å²) in [5.41, 5.74) is 0.554. The number of fused-ring (bicyclic) bond motifs is 1. The van der Waals surface area contributed by atoms with Crippen molar-refractivity contribution in [3.05, 3.63) is 57.8 Å². The highest BCUT2D eigenvalue weighted by molar-refractivity contribution is 5.91. The minimum atomic E-state index is -1.75. The number of phenols is 1. The molecule has 2 saturated heterocycles. The quantitative estimate of drug-likeness (QED) is 0.160. The maximum Gasteiger partial charge on any atom is 0.239 e. The van der Waals surface area contributed by atoms with Crippen LogP contribution in [-0.2, 0) is 15.9 Å². The molecule has 14 nitrogen and oxygen atoms in total. The fourth-order valence-corrected chi connectivity index (χ4v) is 5.49. The molecule has 0 radical (unpaired) electrons. The summed E-state index contributed by atoms with van der Waals surface area (Å²) in [5.74, 6) is -0.706. The molecular formula is C33H40O14. The van der Waals surface area contributed by atoms with Gasteiger partial charge < -0.3 is 63.8 Å². The highest BCUT2D eigenvalue weighted by Gasteiger charge is 2.44. The van der Waals surface area contributed by atoms with Crippen LogP contribution >= 0.6 is 0 Å². The van der Waals surface area contributed by atoms with Gasteiger partial charge in [-0.1, -0.05) is 11.6 Å². The average Bonchev–Trinajstić information content (AvgIpc) is 3.04. The number of hydrogen-bond donors (Lipinski definition) is 7. The van der Waals surface area contributed by atoms with Gasteiger partial charge in [-0.3, -0.25) is 4.79 Å². The molecule has 1 aromatic heterocycles. The molecule has 47 heavy (non-hydrogen) atoms. The summed E-state index contributed by atoms with van der Waals surface area (Å²) in [6.45, 7) is 4.73. The highest BCUT2D eigenvalue weighted by Crippen LogP contribution is 2.41. The Balaban J connectivity index is 1.72. The average molecular weight is 661 g/mol. The van der Waals surface area contributed by atoms with Crippen molar-refractivity contribution < 1.29 is 63.8 Å². The molecule has 14 heteroatoms. The lowest BCUT2D eigenvalue weighted by Crippen LogP contribution is -2.58. The van der Waals surface area contributed by atoms with Crippen LogP contribution in [0.2, 0.25) is 0 Å². The smallest absolute Gasteiger partial charge is 0.239 e. The molecule has 0 saturated carbocycles. The molecule has 2 fully saturated rings. The number of hydrogen-bond acceptors (Lipinski definition) is 14. The number of benzene rings is 2. The second-order valence-corrected chi connectivity index (χ2v) is 11.9. The number of methoxy groups -OCH3 is 1. The fourth-order valence-electron chi connectivity index (χ4n) is 5.49. The molecule has 9 atom stereocenters. The van der Waals surface area contributed by atoms with Crippen molar-refractivity contribution >= 4 is 11.0 Å². The number of ether oxygens (including phenoxy) is 5. The van der Waals surface area contributed by atoms with Crippen molar-refractivity contribution in [2.24, 2.45) is 0 Å². The first-order valence-electron chi connectivity index (χ1n) is 15.1. The van der Waals surface area contributed by atoms with Crippen LogP contribution in [0, 0.1) is 0 Å². The van der Waals surface area contributed by atoms with Gasteiger partial charge >= 0.3 is 0 Å². The Morgan fingerprint density at radius 3 is 2.28 bits per heavy atom. The van der Waals surface area contributed by atoms with Crippen LogP contribution in [0.3, 0.4) is 0 Å². The maximum absolute atomic E-state index is 14.2. The van der Waals surface area contributed by atoms with Crippen molar-refractivity contribution in [1.82, 2.24) is 0 Å². The summed E-state index contributed by atoms with van der Waals surface area (Å²) in [6.07, 6.45) is -10.5. The van der Waals surface area contributed by atoms with Gasteiger partial charge in [-0.25, -0.2) is 0 Å². The van der Waals surface area contributed by atoms with Crippen molar-refractivity contribution in [3.8, 4) is 34.3 Å². The zero-order valence-electron chi connectivity index (χ0n) is 26.3. The molecule has 0 unspecified atom stereocenters. The van der Waals surface area contributed by atoms with Crippen LogP contribution in [0.1, 0.15) is 32.8 Å². The lowest BCUT2D eigenvalue weighted by atomic mass is 10.00. The Kier molecular flexibility index (Phi) is 10.4. The molecule has 5 rings (SSSR count). The highest BCUT2D eigenvalue weighted by atomic mass is 16.7. The van der Waals surface area contributed by atoms with E-state index in [1.165, 1.54) is 14.0 Å². The van der Waals surface area contributed by atoms with E-state index in [-0.39, 0.29) is 40.9 Å². The van der Waals surface area contributed by atoms with Gasteiger partial charge in [0.1, 0.15) is 52.6 Å². The van der Waals surface area contributed by atoms with Crippen LogP contribution in [0.4, 0.5) is 0 Å². The Bertz CT molecular complexity index is 1650. The number of aliphatic hydroxyl groups excluding tert-OH is 6. The minimum absolute atomic E-state index is 0.0256. The lowest BCUT2D eigenvalue weighted by Gasteiger charge is -2.38. The van der Waals surface area contributed by atoms with E-state index in [0.29, 0.717) is 11.3 Å². The maximum atomic E-state index is 14.2. The summed E-state index contributed by atoms with van der Waals surface area (Å²) >= 11 is 0. The van der Waals surface area contributed by atoms with E-state index < -0.39 is 78.8 Å². The van der Waals surface area contributed by atoms with Crippen molar-refractivity contribution in [2.45, 2.75) is 88.9 Å². The third-order valence-electron chi connectivity index (χ3n) is 8.23. The number of phenolic OH excluding ortho intramolecular Hbond substituents is 1. The molecule has 3 heterocycles. The number of aliphatic hydroxyl groups is 6.